The number of ether oxygens (including phenoxy) is 2. The number of hydrogen-bond donors (Lipinski definition) is 0. The van der Waals surface area contributed by atoms with Gasteiger partial charge in [-0.1, -0.05) is 30.3 Å². The SMILES string of the molecule is COc1ccc(C2CCCN2C(=O)CCCOc2ccccc2C)cc1. The normalized spacial score (nSPS) is 16.5. The van der Waals surface area contributed by atoms with Gasteiger partial charge in [-0.25, -0.2) is 0 Å². The van der Waals surface area contributed by atoms with Gasteiger partial charge in [0.25, 0.3) is 0 Å². The van der Waals surface area contributed by atoms with E-state index in [2.05, 4.69) is 12.1 Å². The highest BCUT2D eigenvalue weighted by atomic mass is 16.5. The molecule has 1 fully saturated rings. The summed E-state index contributed by atoms with van der Waals surface area (Å²) in [6, 6.07) is 16.2. The van der Waals surface area contributed by atoms with Gasteiger partial charge in [-0.2, -0.15) is 0 Å². The lowest BCUT2D eigenvalue weighted by atomic mass is 10.0. The molecule has 1 saturated heterocycles. The highest BCUT2D eigenvalue weighted by molar-refractivity contribution is 5.77. The van der Waals surface area contributed by atoms with Crippen LogP contribution in [0.5, 0.6) is 11.5 Å². The molecule has 26 heavy (non-hydrogen) atoms. The van der Waals surface area contributed by atoms with Gasteiger partial charge in [-0.3, -0.25) is 4.79 Å². The van der Waals surface area contributed by atoms with E-state index < -0.39 is 0 Å². The number of carbonyl (C=O) groups is 1. The van der Waals surface area contributed by atoms with Crippen molar-refractivity contribution in [3.05, 3.63) is 59.7 Å². The van der Waals surface area contributed by atoms with Crippen LogP contribution in [0.25, 0.3) is 0 Å². The Labute approximate surface area is 155 Å². The molecule has 0 spiro atoms. The summed E-state index contributed by atoms with van der Waals surface area (Å²) in [7, 11) is 1.67. The average molecular weight is 353 g/mol. The third-order valence-corrected chi connectivity index (χ3v) is 4.96. The fourth-order valence-electron chi connectivity index (χ4n) is 3.51. The Kier molecular flexibility index (Phi) is 6.16. The molecule has 1 heterocycles. The minimum Gasteiger partial charge on any atom is -0.497 e. The summed E-state index contributed by atoms with van der Waals surface area (Å²) in [5, 5.41) is 0. The summed E-state index contributed by atoms with van der Waals surface area (Å²) in [4.78, 5) is 14.7. The van der Waals surface area contributed by atoms with Crippen LogP contribution in [-0.4, -0.2) is 31.1 Å². The largest absolute Gasteiger partial charge is 0.497 e. The Hall–Kier alpha value is -2.49. The molecule has 4 heteroatoms. The molecule has 0 aliphatic carbocycles. The predicted molar refractivity (Wildman–Crippen MR) is 103 cm³/mol. The lowest BCUT2D eigenvalue weighted by Gasteiger charge is -2.25. The molecule has 0 bridgehead atoms. The van der Waals surface area contributed by atoms with Crippen LogP contribution in [0.15, 0.2) is 48.5 Å². The van der Waals surface area contributed by atoms with Crippen LogP contribution >= 0.6 is 0 Å². The van der Waals surface area contributed by atoms with Crippen molar-refractivity contribution in [2.45, 2.75) is 38.6 Å². The molecule has 1 atom stereocenters. The quantitative estimate of drug-likeness (QED) is 0.687. The maximum atomic E-state index is 12.7. The number of para-hydroxylation sites is 1. The molecule has 1 aliphatic heterocycles. The Bertz CT molecular complexity index is 726. The van der Waals surface area contributed by atoms with E-state index in [4.69, 9.17) is 9.47 Å². The third kappa shape index (κ3) is 4.37. The van der Waals surface area contributed by atoms with E-state index in [1.807, 2.05) is 48.2 Å². The number of likely N-dealkylation sites (tertiary alicyclic amines) is 1. The third-order valence-electron chi connectivity index (χ3n) is 4.96. The van der Waals surface area contributed by atoms with E-state index in [9.17, 15) is 4.79 Å². The summed E-state index contributed by atoms with van der Waals surface area (Å²) in [5.74, 6) is 1.96. The number of carbonyl (C=O) groups excluding carboxylic acids is 1. The molecule has 0 aromatic heterocycles. The molecule has 2 aromatic carbocycles. The van der Waals surface area contributed by atoms with E-state index in [0.717, 1.165) is 42.9 Å². The van der Waals surface area contributed by atoms with Crippen LogP contribution in [-0.2, 0) is 4.79 Å². The van der Waals surface area contributed by atoms with Crippen molar-refractivity contribution in [1.82, 2.24) is 4.90 Å². The van der Waals surface area contributed by atoms with Gasteiger partial charge in [0.05, 0.1) is 19.8 Å². The molecule has 1 amide bonds. The second-order valence-corrected chi connectivity index (χ2v) is 6.74. The molecule has 4 nitrogen and oxygen atoms in total. The molecule has 1 unspecified atom stereocenters. The smallest absolute Gasteiger partial charge is 0.223 e. The number of aryl methyl sites for hydroxylation is 1. The molecule has 3 rings (SSSR count). The van der Waals surface area contributed by atoms with Gasteiger partial charge in [0.1, 0.15) is 11.5 Å². The summed E-state index contributed by atoms with van der Waals surface area (Å²) in [6.45, 7) is 3.44. The van der Waals surface area contributed by atoms with E-state index in [1.165, 1.54) is 5.56 Å². The van der Waals surface area contributed by atoms with Crippen molar-refractivity contribution in [3.8, 4) is 11.5 Å². The Morgan fingerprint density at radius 2 is 1.92 bits per heavy atom. The van der Waals surface area contributed by atoms with Crippen molar-refractivity contribution in [2.24, 2.45) is 0 Å². The summed E-state index contributed by atoms with van der Waals surface area (Å²) in [6.07, 6.45) is 3.34. The van der Waals surface area contributed by atoms with Crippen LogP contribution in [0.1, 0.15) is 42.9 Å². The van der Waals surface area contributed by atoms with Gasteiger partial charge in [-0.05, 0) is 55.5 Å². The number of amides is 1. The zero-order valence-electron chi connectivity index (χ0n) is 15.6. The standard InChI is InChI=1S/C22H27NO3/c1-17-7-3-4-9-21(17)26-16-6-10-22(24)23-15-5-8-20(23)18-11-13-19(25-2)14-12-18/h3-4,7,9,11-14,20H,5-6,8,10,15-16H2,1-2H3. The van der Waals surface area contributed by atoms with Gasteiger partial charge in [0.15, 0.2) is 0 Å². The van der Waals surface area contributed by atoms with Crippen molar-refractivity contribution in [1.29, 1.82) is 0 Å². The average Bonchev–Trinajstić information content (AvgIpc) is 3.16. The molecule has 0 saturated carbocycles. The van der Waals surface area contributed by atoms with Crippen LogP contribution in [0.2, 0.25) is 0 Å². The lowest BCUT2D eigenvalue weighted by molar-refractivity contribution is -0.132. The molecular formula is C22H27NO3. The number of methoxy groups -OCH3 is 1. The lowest BCUT2D eigenvalue weighted by Crippen LogP contribution is -2.30. The number of hydrogen-bond acceptors (Lipinski definition) is 3. The maximum absolute atomic E-state index is 12.7. The summed E-state index contributed by atoms with van der Waals surface area (Å²) in [5.41, 5.74) is 2.31. The molecule has 0 N–H and O–H groups in total. The molecule has 1 aliphatic rings. The van der Waals surface area contributed by atoms with Crippen molar-refractivity contribution in [2.75, 3.05) is 20.3 Å². The first-order valence-electron chi connectivity index (χ1n) is 9.31. The number of nitrogens with zero attached hydrogens (tertiary/aromatic N) is 1. The summed E-state index contributed by atoms with van der Waals surface area (Å²) >= 11 is 0. The second-order valence-electron chi connectivity index (χ2n) is 6.74. The maximum Gasteiger partial charge on any atom is 0.223 e. The Balaban J connectivity index is 1.51. The minimum atomic E-state index is 0.186. The highest BCUT2D eigenvalue weighted by Crippen LogP contribution is 2.33. The van der Waals surface area contributed by atoms with Gasteiger partial charge < -0.3 is 14.4 Å². The van der Waals surface area contributed by atoms with Crippen molar-refractivity contribution < 1.29 is 14.3 Å². The first kappa shape index (κ1) is 18.3. The molecule has 2 aromatic rings. The summed E-state index contributed by atoms with van der Waals surface area (Å²) < 4.78 is 11.0. The van der Waals surface area contributed by atoms with Crippen LogP contribution in [0, 0.1) is 6.92 Å². The van der Waals surface area contributed by atoms with Gasteiger partial charge in [0, 0.05) is 13.0 Å². The van der Waals surface area contributed by atoms with E-state index in [1.54, 1.807) is 7.11 Å². The highest BCUT2D eigenvalue weighted by Gasteiger charge is 2.29. The van der Waals surface area contributed by atoms with Crippen LogP contribution in [0.3, 0.4) is 0 Å². The topological polar surface area (TPSA) is 38.8 Å². The predicted octanol–water partition coefficient (Wildman–Crippen LogP) is 4.53. The molecular weight excluding hydrogens is 326 g/mol. The van der Waals surface area contributed by atoms with Crippen LogP contribution < -0.4 is 9.47 Å². The van der Waals surface area contributed by atoms with Crippen molar-refractivity contribution >= 4 is 5.91 Å². The monoisotopic (exact) mass is 353 g/mol. The number of rotatable bonds is 7. The zero-order valence-corrected chi connectivity index (χ0v) is 15.6. The van der Waals surface area contributed by atoms with Gasteiger partial charge in [0.2, 0.25) is 5.91 Å². The van der Waals surface area contributed by atoms with E-state index >= 15 is 0 Å². The van der Waals surface area contributed by atoms with E-state index in [0.29, 0.717) is 13.0 Å². The number of benzene rings is 2. The molecule has 138 valence electrons. The van der Waals surface area contributed by atoms with Gasteiger partial charge in [-0.15, -0.1) is 0 Å². The zero-order chi connectivity index (χ0) is 18.4. The fourth-order valence-corrected chi connectivity index (χ4v) is 3.51. The minimum absolute atomic E-state index is 0.186. The first-order valence-corrected chi connectivity index (χ1v) is 9.31. The Morgan fingerprint density at radius 3 is 2.65 bits per heavy atom. The fraction of sp³-hybridized carbons (Fsp3) is 0.409. The van der Waals surface area contributed by atoms with Crippen molar-refractivity contribution in [3.63, 3.8) is 0 Å². The second kappa shape index (κ2) is 8.75. The van der Waals surface area contributed by atoms with E-state index in [-0.39, 0.29) is 11.9 Å². The first-order chi connectivity index (χ1) is 12.7. The molecule has 0 radical (unpaired) electrons. The van der Waals surface area contributed by atoms with Crippen LogP contribution in [0.4, 0.5) is 0 Å². The van der Waals surface area contributed by atoms with Gasteiger partial charge >= 0.3 is 0 Å². The Morgan fingerprint density at radius 1 is 1.15 bits per heavy atom.